The van der Waals surface area contributed by atoms with E-state index < -0.39 is 0 Å². The molecule has 1 rings (SSSR count). The van der Waals surface area contributed by atoms with Crippen molar-refractivity contribution in [2.75, 3.05) is 14.1 Å². The second kappa shape index (κ2) is 3.22. The van der Waals surface area contributed by atoms with E-state index in [0.29, 0.717) is 6.17 Å². The van der Waals surface area contributed by atoms with Gasteiger partial charge in [0.1, 0.15) is 6.20 Å². The van der Waals surface area contributed by atoms with Gasteiger partial charge in [0.2, 0.25) is 0 Å². The van der Waals surface area contributed by atoms with Gasteiger partial charge in [-0.05, 0) is 0 Å². The molecule has 0 saturated carbocycles. The molecule has 2 nitrogen and oxygen atoms in total. The number of rotatable bonds is 0. The molecule has 1 heterocycles. The highest BCUT2D eigenvalue weighted by atomic mass is 79.9. The lowest BCUT2D eigenvalue weighted by Gasteiger charge is -2.17. The van der Waals surface area contributed by atoms with E-state index in [9.17, 15) is 0 Å². The summed E-state index contributed by atoms with van der Waals surface area (Å²) >= 11 is 0. The molecule has 0 fully saturated rings. The van der Waals surface area contributed by atoms with E-state index in [1.165, 1.54) is 4.90 Å². The van der Waals surface area contributed by atoms with Crippen LogP contribution in [-0.2, 0) is 0 Å². The summed E-state index contributed by atoms with van der Waals surface area (Å²) in [6.45, 7) is 2.20. The molecule has 0 aliphatic carbocycles. The number of nitrogens with zero attached hydrogens (tertiary/aromatic N) is 1. The zero-order valence-electron chi connectivity index (χ0n) is 6.06. The maximum absolute atomic E-state index is 2.20. The molecule has 1 aliphatic rings. The van der Waals surface area contributed by atoms with Crippen LogP contribution in [0.2, 0.25) is 0 Å². The molecule has 0 aromatic heterocycles. The van der Waals surface area contributed by atoms with Crippen LogP contribution in [0.1, 0.15) is 6.92 Å². The second-order valence-corrected chi connectivity index (χ2v) is 2.40. The Morgan fingerprint density at radius 1 is 1.56 bits per heavy atom. The third kappa shape index (κ3) is 1.69. The lowest BCUT2D eigenvalue weighted by molar-refractivity contribution is -0.854. The minimum atomic E-state index is 0. The van der Waals surface area contributed by atoms with Crippen molar-refractivity contribution in [1.82, 2.24) is 4.90 Å². The van der Waals surface area contributed by atoms with Crippen molar-refractivity contribution in [1.29, 1.82) is 0 Å². The minimum Gasteiger partial charge on any atom is -1.00 e. The van der Waals surface area contributed by atoms with Crippen molar-refractivity contribution in [3.63, 3.8) is 0 Å². The molecule has 0 aromatic rings. The third-order valence-electron chi connectivity index (χ3n) is 1.84. The lowest BCUT2D eigenvalue weighted by Crippen LogP contribution is -3.07. The average molecular weight is 193 g/mol. The van der Waals surface area contributed by atoms with E-state index in [1.807, 2.05) is 0 Å². The fourth-order valence-corrected chi connectivity index (χ4v) is 0.825. The zero-order valence-corrected chi connectivity index (χ0v) is 7.64. The van der Waals surface area contributed by atoms with Crippen LogP contribution in [0.25, 0.3) is 0 Å². The molecule has 3 heteroatoms. The van der Waals surface area contributed by atoms with Gasteiger partial charge in [0, 0.05) is 14.0 Å². The van der Waals surface area contributed by atoms with E-state index in [4.69, 9.17) is 0 Å². The van der Waals surface area contributed by atoms with Crippen LogP contribution in [0.15, 0.2) is 12.4 Å². The van der Waals surface area contributed by atoms with Crippen molar-refractivity contribution < 1.29 is 21.9 Å². The molecule has 0 aromatic carbocycles. The molecule has 1 N–H and O–H groups in total. The predicted molar refractivity (Wildman–Crippen MR) is 33.3 cm³/mol. The Kier molecular flexibility index (Phi) is 3.22. The van der Waals surface area contributed by atoms with Crippen molar-refractivity contribution in [2.45, 2.75) is 13.1 Å². The zero-order chi connectivity index (χ0) is 6.15. The van der Waals surface area contributed by atoms with E-state index in [1.54, 1.807) is 0 Å². The molecule has 0 radical (unpaired) electrons. The number of quaternary nitrogens is 1. The highest BCUT2D eigenvalue weighted by Crippen LogP contribution is 1.91. The summed E-state index contributed by atoms with van der Waals surface area (Å²) in [6, 6.07) is 0. The summed E-state index contributed by atoms with van der Waals surface area (Å²) in [4.78, 5) is 3.66. The number of hydrogen-bond acceptors (Lipinski definition) is 1. The smallest absolute Gasteiger partial charge is 0.163 e. The first-order valence-corrected chi connectivity index (χ1v) is 2.95. The standard InChI is InChI=1S/C6H12N2.BrH/c1-6-7(2)4-5-8(6)3;/h4-6H,1-3H3;1H. The quantitative estimate of drug-likeness (QED) is 0.415. The molecule has 2 unspecified atom stereocenters. The van der Waals surface area contributed by atoms with E-state index in [0.717, 1.165) is 0 Å². The Labute approximate surface area is 66.9 Å². The van der Waals surface area contributed by atoms with Crippen molar-refractivity contribution >= 4 is 0 Å². The van der Waals surface area contributed by atoms with Crippen molar-refractivity contribution in [2.24, 2.45) is 0 Å². The van der Waals surface area contributed by atoms with Gasteiger partial charge in [-0.1, -0.05) is 0 Å². The molecule has 9 heavy (non-hydrogen) atoms. The van der Waals surface area contributed by atoms with Crippen LogP contribution < -0.4 is 21.9 Å². The van der Waals surface area contributed by atoms with Gasteiger partial charge in [-0.3, -0.25) is 4.90 Å². The number of halogens is 1. The van der Waals surface area contributed by atoms with E-state index in [2.05, 4.69) is 38.3 Å². The van der Waals surface area contributed by atoms with Crippen LogP contribution in [0.3, 0.4) is 0 Å². The van der Waals surface area contributed by atoms with Gasteiger partial charge in [0.15, 0.2) is 6.17 Å². The molecule has 54 valence electrons. The number of hydrogen-bond donors (Lipinski definition) is 1. The van der Waals surface area contributed by atoms with Crippen LogP contribution in [0.4, 0.5) is 0 Å². The Hall–Kier alpha value is -0.0200. The van der Waals surface area contributed by atoms with Crippen LogP contribution in [0.5, 0.6) is 0 Å². The first-order valence-electron chi connectivity index (χ1n) is 2.95. The van der Waals surface area contributed by atoms with Crippen LogP contribution in [0, 0.1) is 0 Å². The first-order chi connectivity index (χ1) is 3.72. The average Bonchev–Trinajstić information content (AvgIpc) is 1.98. The highest BCUT2D eigenvalue weighted by molar-refractivity contribution is 4.78. The molecule has 0 amide bonds. The second-order valence-electron chi connectivity index (χ2n) is 2.40. The largest absolute Gasteiger partial charge is 1.00 e. The minimum absolute atomic E-state index is 0. The first kappa shape index (κ1) is 8.98. The van der Waals surface area contributed by atoms with E-state index in [-0.39, 0.29) is 17.0 Å². The van der Waals surface area contributed by atoms with Crippen LogP contribution in [-0.4, -0.2) is 25.2 Å². The summed E-state index contributed by atoms with van der Waals surface area (Å²) in [5.74, 6) is 0. The maximum atomic E-state index is 2.20. The Balaban J connectivity index is 0.000000640. The fraction of sp³-hybridized carbons (Fsp3) is 0.667. The van der Waals surface area contributed by atoms with Gasteiger partial charge in [-0.15, -0.1) is 0 Å². The molecule has 1 aliphatic heterocycles. The van der Waals surface area contributed by atoms with Gasteiger partial charge in [0.25, 0.3) is 0 Å². The van der Waals surface area contributed by atoms with Crippen molar-refractivity contribution in [3.05, 3.63) is 12.4 Å². The molecule has 0 saturated heterocycles. The molecular weight excluding hydrogens is 180 g/mol. The summed E-state index contributed by atoms with van der Waals surface area (Å²) < 4.78 is 0. The van der Waals surface area contributed by atoms with Gasteiger partial charge in [-0.25, -0.2) is 0 Å². The topological polar surface area (TPSA) is 7.68 Å². The predicted octanol–water partition coefficient (Wildman–Crippen LogP) is -3.73. The fourth-order valence-electron chi connectivity index (χ4n) is 0.825. The molecule has 0 spiro atoms. The SMILES string of the molecule is CC1N(C)C=C[NH+]1C.[Br-]. The Morgan fingerprint density at radius 3 is 2.22 bits per heavy atom. The summed E-state index contributed by atoms with van der Waals surface area (Å²) in [7, 11) is 4.25. The maximum Gasteiger partial charge on any atom is 0.163 e. The number of nitrogens with one attached hydrogen (secondary N) is 1. The normalized spacial score (nSPS) is 32.6. The van der Waals surface area contributed by atoms with Gasteiger partial charge < -0.3 is 21.9 Å². The summed E-state index contributed by atoms with van der Waals surface area (Å²) in [5.41, 5.74) is 0. The highest BCUT2D eigenvalue weighted by Gasteiger charge is 2.18. The van der Waals surface area contributed by atoms with Gasteiger partial charge in [-0.2, -0.15) is 0 Å². The molecule has 2 atom stereocenters. The summed E-state index contributed by atoms with van der Waals surface area (Å²) in [5, 5.41) is 0. The summed E-state index contributed by atoms with van der Waals surface area (Å²) in [6.07, 6.45) is 4.89. The third-order valence-corrected chi connectivity index (χ3v) is 1.84. The Bertz CT molecular complexity index is 102. The van der Waals surface area contributed by atoms with Gasteiger partial charge in [0.05, 0.1) is 13.2 Å². The molecular formula is C6H13BrN2. The molecule has 0 bridgehead atoms. The Morgan fingerprint density at radius 2 is 2.11 bits per heavy atom. The van der Waals surface area contributed by atoms with Gasteiger partial charge >= 0.3 is 0 Å². The van der Waals surface area contributed by atoms with E-state index >= 15 is 0 Å². The van der Waals surface area contributed by atoms with Crippen molar-refractivity contribution in [3.8, 4) is 0 Å². The van der Waals surface area contributed by atoms with Crippen LogP contribution >= 0.6 is 0 Å². The monoisotopic (exact) mass is 192 g/mol. The lowest BCUT2D eigenvalue weighted by atomic mass is 10.5.